The third kappa shape index (κ3) is 1.98. The van der Waals surface area contributed by atoms with Crippen LogP contribution in [0.2, 0.25) is 5.15 Å². The molecule has 0 aliphatic carbocycles. The van der Waals surface area contributed by atoms with Crippen LogP contribution in [0.4, 0.5) is 0 Å². The second kappa shape index (κ2) is 4.63. The third-order valence-electron chi connectivity index (χ3n) is 3.08. The van der Waals surface area contributed by atoms with Crippen molar-refractivity contribution in [3.63, 3.8) is 0 Å². The topological polar surface area (TPSA) is 43.1 Å². The summed E-state index contributed by atoms with van der Waals surface area (Å²) in [6.07, 6.45) is 5.20. The minimum absolute atomic E-state index is 0.252. The van der Waals surface area contributed by atoms with Crippen molar-refractivity contribution in [1.29, 1.82) is 0 Å². The molecule has 0 saturated carbocycles. The van der Waals surface area contributed by atoms with Gasteiger partial charge in [-0.25, -0.2) is 15.0 Å². The lowest BCUT2D eigenvalue weighted by Gasteiger charge is -2.13. The van der Waals surface area contributed by atoms with Gasteiger partial charge in [0.25, 0.3) is 0 Å². The summed E-state index contributed by atoms with van der Waals surface area (Å²) in [4.78, 5) is 12.8. The molecule has 0 fully saturated rings. The number of halogens is 1. The first kappa shape index (κ1) is 12.1. The van der Waals surface area contributed by atoms with Gasteiger partial charge >= 0.3 is 0 Å². The number of rotatable bonds is 2. The maximum Gasteiger partial charge on any atom is 0.137 e. The van der Waals surface area contributed by atoms with Crippen molar-refractivity contribution in [1.82, 2.24) is 19.4 Å². The molecule has 5 heteroatoms. The van der Waals surface area contributed by atoms with Gasteiger partial charge in [-0.15, -0.1) is 0 Å². The molecule has 0 radical (unpaired) electrons. The Morgan fingerprint density at radius 3 is 2.79 bits per heavy atom. The molecular weight excluding hydrogens is 260 g/mol. The van der Waals surface area contributed by atoms with E-state index in [1.54, 1.807) is 6.20 Å². The van der Waals surface area contributed by atoms with E-state index in [-0.39, 0.29) is 5.92 Å². The fraction of sp³-hybridized carbons (Fsp3) is 0.214. The number of pyridine rings is 1. The number of fused-ring (bicyclic) bond motifs is 1. The van der Waals surface area contributed by atoms with Crippen molar-refractivity contribution in [3.05, 3.63) is 47.6 Å². The highest BCUT2D eigenvalue weighted by atomic mass is 35.5. The van der Waals surface area contributed by atoms with Crippen LogP contribution in [-0.4, -0.2) is 19.4 Å². The largest absolute Gasteiger partial charge is 0.298 e. The van der Waals surface area contributed by atoms with Gasteiger partial charge in [-0.2, -0.15) is 0 Å². The molecule has 3 aromatic rings. The van der Waals surface area contributed by atoms with E-state index in [0.29, 0.717) is 5.15 Å². The molecular formula is C14H13ClN4. The van der Waals surface area contributed by atoms with Crippen molar-refractivity contribution in [2.75, 3.05) is 0 Å². The number of aromatic nitrogens is 4. The van der Waals surface area contributed by atoms with Gasteiger partial charge in [0.2, 0.25) is 0 Å². The Balaban J connectivity index is 2.33. The minimum Gasteiger partial charge on any atom is -0.298 e. The van der Waals surface area contributed by atoms with Gasteiger partial charge in [-0.05, 0) is 18.1 Å². The molecule has 0 aromatic carbocycles. The van der Waals surface area contributed by atoms with E-state index in [4.69, 9.17) is 11.6 Å². The maximum absolute atomic E-state index is 6.22. The molecule has 0 N–H and O–H groups in total. The summed E-state index contributed by atoms with van der Waals surface area (Å²) in [6, 6.07) is 5.94. The highest BCUT2D eigenvalue weighted by Crippen LogP contribution is 2.31. The van der Waals surface area contributed by atoms with Crippen LogP contribution < -0.4 is 0 Å². The Hall–Kier alpha value is -1.94. The summed E-state index contributed by atoms with van der Waals surface area (Å²) in [7, 11) is 0. The first-order chi connectivity index (χ1) is 9.18. The smallest absolute Gasteiger partial charge is 0.137 e. The van der Waals surface area contributed by atoms with Gasteiger partial charge in [0.1, 0.15) is 17.1 Å². The van der Waals surface area contributed by atoms with E-state index in [1.807, 2.05) is 28.8 Å². The molecule has 0 spiro atoms. The van der Waals surface area contributed by atoms with Gasteiger partial charge < -0.3 is 0 Å². The molecule has 0 aliphatic heterocycles. The summed E-state index contributed by atoms with van der Waals surface area (Å²) < 4.78 is 2.00. The van der Waals surface area contributed by atoms with E-state index in [9.17, 15) is 0 Å². The van der Waals surface area contributed by atoms with Crippen molar-refractivity contribution >= 4 is 17.2 Å². The lowest BCUT2D eigenvalue weighted by Crippen LogP contribution is -2.02. The van der Waals surface area contributed by atoms with E-state index < -0.39 is 0 Å². The molecule has 0 atom stereocenters. The van der Waals surface area contributed by atoms with Crippen LogP contribution in [0.1, 0.15) is 25.3 Å². The Morgan fingerprint density at radius 1 is 1.16 bits per heavy atom. The van der Waals surface area contributed by atoms with E-state index >= 15 is 0 Å². The molecule has 0 bridgehead atoms. The highest BCUT2D eigenvalue weighted by Gasteiger charge is 2.16. The maximum atomic E-state index is 6.22. The average Bonchev–Trinajstić information content (AvgIpc) is 2.85. The number of hydrogen-bond acceptors (Lipinski definition) is 3. The summed E-state index contributed by atoms with van der Waals surface area (Å²) >= 11 is 6.22. The Bertz CT molecular complexity index is 733. The molecule has 3 rings (SSSR count). The lowest BCUT2D eigenvalue weighted by molar-refractivity contribution is 0.847. The van der Waals surface area contributed by atoms with E-state index in [1.165, 1.54) is 6.33 Å². The molecule has 96 valence electrons. The summed E-state index contributed by atoms with van der Waals surface area (Å²) in [5.41, 5.74) is 3.69. The van der Waals surface area contributed by atoms with Crippen molar-refractivity contribution in [2.45, 2.75) is 19.8 Å². The van der Waals surface area contributed by atoms with Crippen LogP contribution in [-0.2, 0) is 0 Å². The van der Waals surface area contributed by atoms with Gasteiger partial charge in [0.05, 0.1) is 11.4 Å². The Morgan fingerprint density at radius 2 is 2.00 bits per heavy atom. The van der Waals surface area contributed by atoms with Crippen LogP contribution in [0, 0.1) is 0 Å². The third-order valence-corrected chi connectivity index (χ3v) is 3.38. The van der Waals surface area contributed by atoms with Crippen LogP contribution in [0.15, 0.2) is 36.9 Å². The van der Waals surface area contributed by atoms with Gasteiger partial charge in [-0.3, -0.25) is 4.40 Å². The molecule has 3 aromatic heterocycles. The van der Waals surface area contributed by atoms with Crippen LogP contribution in [0.5, 0.6) is 0 Å². The highest BCUT2D eigenvalue weighted by molar-refractivity contribution is 6.30. The SMILES string of the molecule is CC(C)c1c(Cl)ncnc1-c1cccc2nccn12. The molecule has 0 amide bonds. The fourth-order valence-electron chi connectivity index (χ4n) is 2.23. The Kier molecular flexibility index (Phi) is 2.95. The van der Waals surface area contributed by atoms with Crippen molar-refractivity contribution in [2.24, 2.45) is 0 Å². The zero-order valence-electron chi connectivity index (χ0n) is 10.7. The second-order valence-corrected chi connectivity index (χ2v) is 5.01. The number of nitrogens with zero attached hydrogens (tertiary/aromatic N) is 4. The molecule has 0 unspecified atom stereocenters. The molecule has 3 heterocycles. The summed E-state index contributed by atoms with van der Waals surface area (Å²) in [6.45, 7) is 4.17. The predicted molar refractivity (Wildman–Crippen MR) is 75.3 cm³/mol. The van der Waals surface area contributed by atoms with Crippen LogP contribution >= 0.6 is 11.6 Å². The standard InChI is InChI=1S/C14H13ClN4/c1-9(2)12-13(17-8-18-14(12)15)10-4-3-5-11-16-6-7-19(10)11/h3-9H,1-2H3. The van der Waals surface area contributed by atoms with Gasteiger partial charge in [0, 0.05) is 18.0 Å². The monoisotopic (exact) mass is 272 g/mol. The van der Waals surface area contributed by atoms with Crippen LogP contribution in [0.25, 0.3) is 17.0 Å². The summed E-state index contributed by atoms with van der Waals surface area (Å²) in [5, 5.41) is 0.511. The van der Waals surface area contributed by atoms with Gasteiger partial charge in [0.15, 0.2) is 0 Å². The normalized spacial score (nSPS) is 11.4. The quantitative estimate of drug-likeness (QED) is 0.670. The molecule has 4 nitrogen and oxygen atoms in total. The zero-order chi connectivity index (χ0) is 13.4. The minimum atomic E-state index is 0.252. The predicted octanol–water partition coefficient (Wildman–Crippen LogP) is 3.57. The van der Waals surface area contributed by atoms with E-state index in [2.05, 4.69) is 28.8 Å². The van der Waals surface area contributed by atoms with Gasteiger partial charge in [-0.1, -0.05) is 31.5 Å². The molecule has 0 saturated heterocycles. The van der Waals surface area contributed by atoms with E-state index in [0.717, 1.165) is 22.6 Å². The average molecular weight is 273 g/mol. The first-order valence-corrected chi connectivity index (χ1v) is 6.49. The van der Waals surface area contributed by atoms with Crippen molar-refractivity contribution in [3.8, 4) is 11.4 Å². The molecule has 19 heavy (non-hydrogen) atoms. The van der Waals surface area contributed by atoms with Crippen LogP contribution in [0.3, 0.4) is 0 Å². The fourth-order valence-corrected chi connectivity index (χ4v) is 2.58. The Labute approximate surface area is 116 Å². The zero-order valence-corrected chi connectivity index (χ0v) is 11.5. The second-order valence-electron chi connectivity index (χ2n) is 4.65. The summed E-state index contributed by atoms with van der Waals surface area (Å²) in [5.74, 6) is 0.252. The van der Waals surface area contributed by atoms with Crippen molar-refractivity contribution < 1.29 is 0 Å². The molecule has 0 aliphatic rings. The number of hydrogen-bond donors (Lipinski definition) is 0. The first-order valence-electron chi connectivity index (χ1n) is 6.11. The lowest BCUT2D eigenvalue weighted by atomic mass is 10.0. The number of imidazole rings is 1.